The second-order valence-corrected chi connectivity index (χ2v) is 8.07. The van der Waals surface area contributed by atoms with Gasteiger partial charge in [0.1, 0.15) is 0 Å². The highest BCUT2D eigenvalue weighted by atomic mass is 32.2. The molecule has 1 aromatic carbocycles. The molecule has 0 spiro atoms. The van der Waals surface area contributed by atoms with Crippen LogP contribution >= 0.6 is 11.8 Å². The molecular formula is C20H33NS. The van der Waals surface area contributed by atoms with Gasteiger partial charge in [0.05, 0.1) is 0 Å². The fourth-order valence-corrected chi connectivity index (χ4v) is 4.76. The van der Waals surface area contributed by atoms with Gasteiger partial charge in [-0.25, -0.2) is 0 Å². The van der Waals surface area contributed by atoms with Gasteiger partial charge >= 0.3 is 0 Å². The molecule has 1 aliphatic rings. The minimum atomic E-state index is 0.770. The fourth-order valence-electron chi connectivity index (χ4n) is 3.49. The lowest BCUT2D eigenvalue weighted by molar-refractivity contribution is 0.414. The molecule has 0 saturated heterocycles. The van der Waals surface area contributed by atoms with E-state index in [1.165, 1.54) is 56.4 Å². The van der Waals surface area contributed by atoms with Crippen LogP contribution in [0.15, 0.2) is 23.1 Å². The van der Waals surface area contributed by atoms with Crippen LogP contribution in [0.25, 0.3) is 0 Å². The summed E-state index contributed by atoms with van der Waals surface area (Å²) in [6.07, 6.45) is 9.58. The molecule has 0 saturated carbocycles. The molecule has 2 unspecified atom stereocenters. The van der Waals surface area contributed by atoms with Gasteiger partial charge in [0.15, 0.2) is 0 Å². The molecular weight excluding hydrogens is 286 g/mol. The van der Waals surface area contributed by atoms with E-state index >= 15 is 0 Å². The molecule has 1 heterocycles. The van der Waals surface area contributed by atoms with E-state index in [4.69, 9.17) is 0 Å². The molecule has 0 amide bonds. The van der Waals surface area contributed by atoms with E-state index in [1.54, 1.807) is 10.5 Å². The topological polar surface area (TPSA) is 3.24 Å². The molecule has 0 aliphatic carbocycles. The van der Waals surface area contributed by atoms with Crippen molar-refractivity contribution < 1.29 is 0 Å². The Labute approximate surface area is 141 Å². The summed E-state index contributed by atoms with van der Waals surface area (Å²) >= 11 is 2.11. The van der Waals surface area contributed by atoms with Crippen LogP contribution in [0.1, 0.15) is 70.3 Å². The molecule has 1 nitrogen and oxygen atoms in total. The first kappa shape index (κ1) is 17.7. The molecule has 0 aromatic heterocycles. The van der Waals surface area contributed by atoms with Gasteiger partial charge in [0, 0.05) is 30.4 Å². The third-order valence-corrected chi connectivity index (χ3v) is 6.23. The van der Waals surface area contributed by atoms with Gasteiger partial charge in [-0.3, -0.25) is 0 Å². The van der Waals surface area contributed by atoms with E-state index in [-0.39, 0.29) is 0 Å². The van der Waals surface area contributed by atoms with Gasteiger partial charge in [-0.2, -0.15) is 0 Å². The van der Waals surface area contributed by atoms with Crippen molar-refractivity contribution in [3.63, 3.8) is 0 Å². The first-order valence-corrected chi connectivity index (χ1v) is 10.1. The van der Waals surface area contributed by atoms with Gasteiger partial charge in [-0.05, 0) is 54.9 Å². The molecule has 1 aromatic rings. The summed E-state index contributed by atoms with van der Waals surface area (Å²) in [5.41, 5.74) is 2.98. The van der Waals surface area contributed by atoms with Crippen molar-refractivity contribution >= 4 is 17.4 Å². The number of nitrogens with zero attached hydrogens (tertiary/aromatic N) is 1. The predicted molar refractivity (Wildman–Crippen MR) is 101 cm³/mol. The summed E-state index contributed by atoms with van der Waals surface area (Å²) in [6, 6.07) is 7.12. The summed E-state index contributed by atoms with van der Waals surface area (Å²) in [5, 5.41) is 0. The van der Waals surface area contributed by atoms with Gasteiger partial charge < -0.3 is 4.90 Å². The summed E-state index contributed by atoms with van der Waals surface area (Å²) in [6.45, 7) is 4.63. The van der Waals surface area contributed by atoms with Crippen LogP contribution < -0.4 is 4.90 Å². The largest absolute Gasteiger partial charge is 0.378 e. The Morgan fingerprint density at radius 3 is 2.50 bits per heavy atom. The van der Waals surface area contributed by atoms with E-state index < -0.39 is 0 Å². The summed E-state index contributed by atoms with van der Waals surface area (Å²) < 4.78 is 0. The van der Waals surface area contributed by atoms with Crippen molar-refractivity contribution in [2.45, 2.75) is 69.6 Å². The highest BCUT2D eigenvalue weighted by Gasteiger charge is 2.25. The predicted octanol–water partition coefficient (Wildman–Crippen LogP) is 6.33. The monoisotopic (exact) mass is 319 g/mol. The Hall–Kier alpha value is -0.630. The van der Waals surface area contributed by atoms with Gasteiger partial charge in [0.25, 0.3) is 0 Å². The average molecular weight is 320 g/mol. The Balaban J connectivity index is 2.22. The highest BCUT2D eigenvalue weighted by molar-refractivity contribution is 7.99. The zero-order chi connectivity index (χ0) is 15.9. The summed E-state index contributed by atoms with van der Waals surface area (Å²) in [5.74, 6) is 2.99. The van der Waals surface area contributed by atoms with Crippen molar-refractivity contribution in [3.8, 4) is 0 Å². The number of unbranched alkanes of at least 4 members (excludes halogenated alkanes) is 2. The second kappa shape index (κ2) is 8.86. The van der Waals surface area contributed by atoms with Crippen molar-refractivity contribution in [3.05, 3.63) is 23.8 Å². The molecule has 0 N–H and O–H groups in total. The van der Waals surface area contributed by atoms with Gasteiger partial charge in [0.2, 0.25) is 0 Å². The van der Waals surface area contributed by atoms with Crippen molar-refractivity contribution in [2.24, 2.45) is 5.92 Å². The molecule has 2 atom stereocenters. The maximum absolute atomic E-state index is 2.46. The third kappa shape index (κ3) is 4.68. The number of fused-ring (bicyclic) bond motifs is 1. The van der Waals surface area contributed by atoms with Crippen LogP contribution in [-0.2, 0) is 0 Å². The maximum atomic E-state index is 2.46. The number of rotatable bonds is 7. The lowest BCUT2D eigenvalue weighted by atomic mass is 9.84. The van der Waals surface area contributed by atoms with Crippen LogP contribution in [-0.4, -0.2) is 19.8 Å². The Morgan fingerprint density at radius 1 is 1.09 bits per heavy atom. The van der Waals surface area contributed by atoms with E-state index in [0.29, 0.717) is 0 Å². The van der Waals surface area contributed by atoms with Gasteiger partial charge in [-0.15, -0.1) is 11.8 Å². The smallest absolute Gasteiger partial charge is 0.0364 e. The summed E-state index contributed by atoms with van der Waals surface area (Å²) in [4.78, 5) is 3.78. The summed E-state index contributed by atoms with van der Waals surface area (Å²) in [7, 11) is 4.30. The van der Waals surface area contributed by atoms with E-state index in [0.717, 1.165) is 11.8 Å². The lowest BCUT2D eigenvalue weighted by Crippen LogP contribution is -2.11. The fraction of sp³-hybridized carbons (Fsp3) is 0.700. The molecule has 0 radical (unpaired) electrons. The maximum Gasteiger partial charge on any atom is 0.0364 e. The molecule has 0 fully saturated rings. The van der Waals surface area contributed by atoms with E-state index in [2.05, 4.69) is 62.8 Å². The number of hydrogen-bond acceptors (Lipinski definition) is 2. The Morgan fingerprint density at radius 2 is 1.82 bits per heavy atom. The van der Waals surface area contributed by atoms with Crippen LogP contribution in [0.5, 0.6) is 0 Å². The van der Waals surface area contributed by atoms with Crippen LogP contribution in [0.3, 0.4) is 0 Å². The number of benzene rings is 1. The highest BCUT2D eigenvalue weighted by Crippen LogP contribution is 2.43. The van der Waals surface area contributed by atoms with E-state index in [9.17, 15) is 0 Å². The minimum absolute atomic E-state index is 0.770. The normalized spacial score (nSPS) is 21.3. The first-order valence-electron chi connectivity index (χ1n) is 9.09. The lowest BCUT2D eigenvalue weighted by Gasteiger charge is -2.22. The third-order valence-electron chi connectivity index (χ3n) is 4.91. The van der Waals surface area contributed by atoms with Crippen molar-refractivity contribution in [1.82, 2.24) is 0 Å². The zero-order valence-corrected chi connectivity index (χ0v) is 15.7. The molecule has 0 bridgehead atoms. The zero-order valence-electron chi connectivity index (χ0n) is 14.9. The Kier molecular flexibility index (Phi) is 7.14. The van der Waals surface area contributed by atoms with Crippen LogP contribution in [0, 0.1) is 5.92 Å². The molecule has 124 valence electrons. The first-order chi connectivity index (χ1) is 10.7. The minimum Gasteiger partial charge on any atom is -0.378 e. The van der Waals surface area contributed by atoms with E-state index in [1.807, 2.05) is 0 Å². The number of anilines is 1. The second-order valence-electron chi connectivity index (χ2n) is 7.01. The molecule has 2 rings (SSSR count). The van der Waals surface area contributed by atoms with Crippen LogP contribution in [0.2, 0.25) is 0 Å². The Bertz CT molecular complexity index is 455. The average Bonchev–Trinajstić information content (AvgIpc) is 2.69. The SMILES string of the molecule is CCCCC1CSc2ccc(N(C)C)cc2C(CCCC)C1. The van der Waals surface area contributed by atoms with Crippen LogP contribution in [0.4, 0.5) is 5.69 Å². The number of thioether (sulfide) groups is 1. The molecule has 1 aliphatic heterocycles. The standard InChI is InChI=1S/C20H33NS/c1-5-7-9-16-13-17(10-8-6-2)19-14-18(21(3)4)11-12-20(19)22-15-16/h11-12,14,16-17H,5-10,13,15H2,1-4H3. The van der Waals surface area contributed by atoms with Crippen molar-refractivity contribution in [1.29, 1.82) is 0 Å². The number of hydrogen-bond donors (Lipinski definition) is 0. The molecule has 2 heteroatoms. The van der Waals surface area contributed by atoms with Crippen molar-refractivity contribution in [2.75, 3.05) is 24.7 Å². The van der Waals surface area contributed by atoms with Gasteiger partial charge in [-0.1, -0.05) is 39.5 Å². The quantitative estimate of drug-likeness (QED) is 0.578. The molecule has 22 heavy (non-hydrogen) atoms.